The number of hydrogen-bond donors (Lipinski definition) is 1. The van der Waals surface area contributed by atoms with E-state index in [1.54, 1.807) is 48.6 Å². The maximum Gasteiger partial charge on any atom is 0.336 e. The van der Waals surface area contributed by atoms with Crippen LogP contribution in [-0.4, -0.2) is 88.9 Å². The Hall–Kier alpha value is -5.28. The van der Waals surface area contributed by atoms with Crippen molar-refractivity contribution in [2.75, 3.05) is 52.5 Å². The average Bonchev–Trinajstić information content (AvgIpc) is 3.54. The third-order valence-electron chi connectivity index (χ3n) is 10.1. The molecule has 4 heterocycles. The number of aromatic nitrogens is 2. The van der Waals surface area contributed by atoms with E-state index >= 15 is 0 Å². The maximum atomic E-state index is 13.4. The molecular formula is C42H39BrN4O8S. The van der Waals surface area contributed by atoms with E-state index in [1.807, 2.05) is 54.6 Å². The number of carbonyl (C=O) groups excluding carboxylic acids is 2. The third-order valence-corrected chi connectivity index (χ3v) is 11.8. The zero-order valence-electron chi connectivity index (χ0n) is 30.6. The predicted molar refractivity (Wildman–Crippen MR) is 217 cm³/mol. The van der Waals surface area contributed by atoms with Gasteiger partial charge in [-0.15, -0.1) is 11.3 Å². The minimum atomic E-state index is -0.881. The van der Waals surface area contributed by atoms with E-state index in [0.29, 0.717) is 41.4 Å². The number of rotatable bonds is 12. The standard InChI is InChI=1S/C42H39BrN4O8S/c1-26-44-38-33(41(50)47(26)34-15-16-37(49)55-42(34)51)3-2-4-35(38)53-24-22-46-19-17-45(18-20-46)21-23-52-30-10-12-31(13-11-30)54-39-32-14-9-29(48)25-36(32)56-40(39)27-5-7-28(43)8-6-27/h2-14,25,34,48H,15-24H2,1H3. The van der Waals surface area contributed by atoms with Crippen molar-refractivity contribution in [3.63, 3.8) is 0 Å². The largest absolute Gasteiger partial charge is 0.508 e. The van der Waals surface area contributed by atoms with Crippen molar-refractivity contribution >= 4 is 60.2 Å². The molecule has 1 atom stereocenters. The van der Waals surface area contributed by atoms with Crippen molar-refractivity contribution in [3.05, 3.63) is 106 Å². The fourth-order valence-corrected chi connectivity index (χ4v) is 8.55. The van der Waals surface area contributed by atoms with Gasteiger partial charge in [0.15, 0.2) is 5.75 Å². The number of hydrogen-bond acceptors (Lipinski definition) is 12. The first kappa shape index (κ1) is 37.6. The first-order valence-corrected chi connectivity index (χ1v) is 20.1. The van der Waals surface area contributed by atoms with Crippen LogP contribution in [0.1, 0.15) is 24.7 Å². The maximum absolute atomic E-state index is 13.4. The fraction of sp³-hybridized carbons (Fsp3) is 0.286. The van der Waals surface area contributed by atoms with E-state index in [-0.39, 0.29) is 24.2 Å². The van der Waals surface area contributed by atoms with Gasteiger partial charge < -0.3 is 24.1 Å². The highest BCUT2D eigenvalue weighted by atomic mass is 79.9. The highest BCUT2D eigenvalue weighted by Crippen LogP contribution is 2.47. The van der Waals surface area contributed by atoms with Crippen molar-refractivity contribution in [2.45, 2.75) is 25.8 Å². The summed E-state index contributed by atoms with van der Waals surface area (Å²) in [6, 6.07) is 25.4. The second-order valence-electron chi connectivity index (χ2n) is 13.7. The lowest BCUT2D eigenvalue weighted by molar-refractivity contribution is -0.166. The predicted octanol–water partition coefficient (Wildman–Crippen LogP) is 7.33. The number of para-hydroxylation sites is 1. The topological polar surface area (TPSA) is 133 Å². The molecule has 6 aromatic rings. The summed E-state index contributed by atoms with van der Waals surface area (Å²) in [5.41, 5.74) is 1.12. The Morgan fingerprint density at radius 3 is 2.27 bits per heavy atom. The molecule has 0 bridgehead atoms. The molecular weight excluding hydrogens is 800 g/mol. The minimum absolute atomic E-state index is 0.0657. The Labute approximate surface area is 334 Å². The van der Waals surface area contributed by atoms with Crippen LogP contribution in [-0.2, 0) is 14.3 Å². The summed E-state index contributed by atoms with van der Waals surface area (Å²) in [5, 5.41) is 11.4. The van der Waals surface area contributed by atoms with Gasteiger partial charge in [0.2, 0.25) is 0 Å². The number of carbonyl (C=O) groups is 2. The number of halogens is 1. The summed E-state index contributed by atoms with van der Waals surface area (Å²) in [6.45, 7) is 7.80. The second-order valence-corrected chi connectivity index (χ2v) is 15.7. The van der Waals surface area contributed by atoms with Gasteiger partial charge in [0.25, 0.3) is 5.56 Å². The summed E-state index contributed by atoms with van der Waals surface area (Å²) < 4.78 is 26.8. The Morgan fingerprint density at radius 2 is 1.55 bits per heavy atom. The van der Waals surface area contributed by atoms with Crippen LogP contribution >= 0.6 is 27.3 Å². The molecule has 8 rings (SSSR count). The Kier molecular flexibility index (Phi) is 11.1. The van der Waals surface area contributed by atoms with Crippen molar-refractivity contribution in [1.82, 2.24) is 19.4 Å². The Morgan fingerprint density at radius 1 is 0.857 bits per heavy atom. The number of piperazine rings is 1. The van der Waals surface area contributed by atoms with E-state index in [0.717, 1.165) is 75.8 Å². The molecule has 0 aliphatic carbocycles. The quantitative estimate of drug-likeness (QED) is 0.0982. The highest BCUT2D eigenvalue weighted by molar-refractivity contribution is 9.10. The van der Waals surface area contributed by atoms with Gasteiger partial charge in [0.1, 0.15) is 53.6 Å². The van der Waals surface area contributed by atoms with Crippen LogP contribution in [0.3, 0.4) is 0 Å². The van der Waals surface area contributed by atoms with Crippen molar-refractivity contribution in [1.29, 1.82) is 0 Å². The molecule has 0 saturated carbocycles. The molecule has 14 heteroatoms. The number of ether oxygens (including phenoxy) is 4. The number of fused-ring (bicyclic) bond motifs is 2. The average molecular weight is 840 g/mol. The summed E-state index contributed by atoms with van der Waals surface area (Å²) >= 11 is 5.10. The molecule has 12 nitrogen and oxygen atoms in total. The van der Waals surface area contributed by atoms with Crippen LogP contribution < -0.4 is 19.8 Å². The van der Waals surface area contributed by atoms with Gasteiger partial charge in [-0.1, -0.05) is 34.1 Å². The van der Waals surface area contributed by atoms with Gasteiger partial charge in [0, 0.05) is 60.2 Å². The molecule has 2 saturated heterocycles. The zero-order valence-corrected chi connectivity index (χ0v) is 33.0. The molecule has 0 spiro atoms. The minimum Gasteiger partial charge on any atom is -0.508 e. The molecule has 2 aromatic heterocycles. The molecule has 4 aromatic carbocycles. The Balaban J connectivity index is 0.805. The number of nitrogens with zero attached hydrogens (tertiary/aromatic N) is 4. The number of benzene rings is 4. The van der Waals surface area contributed by atoms with Gasteiger partial charge >= 0.3 is 11.9 Å². The lowest BCUT2D eigenvalue weighted by atomic mass is 10.1. The third kappa shape index (κ3) is 8.14. The molecule has 0 radical (unpaired) electrons. The van der Waals surface area contributed by atoms with Crippen LogP contribution in [0.5, 0.6) is 28.7 Å². The second kappa shape index (κ2) is 16.4. The first-order valence-electron chi connectivity index (χ1n) is 18.5. The summed E-state index contributed by atoms with van der Waals surface area (Å²) in [6.07, 6.45) is 0.265. The summed E-state index contributed by atoms with van der Waals surface area (Å²) in [5.74, 6) is 2.00. The Bertz CT molecular complexity index is 2460. The number of thiophene rings is 1. The molecule has 2 aliphatic heterocycles. The molecule has 0 amide bonds. The SMILES string of the molecule is Cc1nc2c(OCCN3CCN(CCOc4ccc(Oc5c(-c6ccc(Br)cc6)sc6cc(O)ccc56)cc4)CC3)cccc2c(=O)n1C1CCC(=O)OC1=O. The van der Waals surface area contributed by atoms with Crippen LogP contribution in [0.2, 0.25) is 0 Å². The van der Waals surface area contributed by atoms with Crippen LogP contribution in [0.4, 0.5) is 0 Å². The van der Waals surface area contributed by atoms with Gasteiger partial charge in [-0.2, -0.15) is 0 Å². The van der Waals surface area contributed by atoms with Gasteiger partial charge in [-0.05, 0) is 85.6 Å². The number of aryl methyl sites for hydroxylation is 1. The van der Waals surface area contributed by atoms with Crippen LogP contribution in [0.15, 0.2) is 94.2 Å². The summed E-state index contributed by atoms with van der Waals surface area (Å²) in [7, 11) is 0. The van der Waals surface area contributed by atoms with Crippen molar-refractivity contribution < 1.29 is 33.6 Å². The summed E-state index contributed by atoms with van der Waals surface area (Å²) in [4.78, 5) is 47.7. The van der Waals surface area contributed by atoms with Gasteiger partial charge in [0.05, 0.1) is 10.3 Å². The molecule has 1 unspecified atom stereocenters. The number of esters is 2. The number of cyclic esters (lactones) is 2. The lowest BCUT2D eigenvalue weighted by Gasteiger charge is -2.34. The fourth-order valence-electron chi connectivity index (χ4n) is 7.11. The van der Waals surface area contributed by atoms with Gasteiger partial charge in [-0.25, -0.2) is 9.78 Å². The normalized spacial score (nSPS) is 16.6. The molecule has 56 heavy (non-hydrogen) atoms. The molecule has 1 N–H and O–H groups in total. The van der Waals surface area contributed by atoms with Crippen LogP contribution in [0.25, 0.3) is 31.4 Å². The van der Waals surface area contributed by atoms with E-state index in [4.69, 9.17) is 18.9 Å². The number of phenolic OH excluding ortho intramolecular Hbond substituents is 1. The highest BCUT2D eigenvalue weighted by Gasteiger charge is 2.33. The van der Waals surface area contributed by atoms with Crippen molar-refractivity contribution in [3.8, 4) is 39.2 Å². The van der Waals surface area contributed by atoms with Gasteiger partial charge in [-0.3, -0.25) is 24.0 Å². The van der Waals surface area contributed by atoms with Crippen LogP contribution in [0, 0.1) is 6.92 Å². The smallest absolute Gasteiger partial charge is 0.336 e. The number of phenols is 1. The van der Waals surface area contributed by atoms with E-state index in [2.05, 4.69) is 30.7 Å². The first-order chi connectivity index (χ1) is 27.2. The number of aromatic hydroxyl groups is 1. The van der Waals surface area contributed by atoms with E-state index < -0.39 is 18.0 Å². The van der Waals surface area contributed by atoms with E-state index in [1.165, 1.54) is 4.57 Å². The molecule has 2 fully saturated rings. The molecule has 2 aliphatic rings. The zero-order chi connectivity index (χ0) is 38.8. The monoisotopic (exact) mass is 838 g/mol. The van der Waals surface area contributed by atoms with Crippen molar-refractivity contribution in [2.24, 2.45) is 0 Å². The van der Waals surface area contributed by atoms with E-state index in [9.17, 15) is 19.5 Å². The lowest BCUT2D eigenvalue weighted by Crippen LogP contribution is -2.48. The molecule has 288 valence electrons.